The average Bonchev–Trinajstić information content (AvgIpc) is 2.86. The van der Waals surface area contributed by atoms with Crippen LogP contribution in [0.1, 0.15) is 47.4 Å². The molecule has 0 N–H and O–H groups in total. The maximum absolute atomic E-state index is 13.3. The summed E-state index contributed by atoms with van der Waals surface area (Å²) in [4.78, 5) is 38.8. The summed E-state index contributed by atoms with van der Waals surface area (Å²) in [5.74, 6) is 0.839. The van der Waals surface area contributed by atoms with Crippen LogP contribution >= 0.6 is 11.6 Å². The second kappa shape index (κ2) is 8.11. The molecular formula is C22H25ClN4O2. The molecule has 29 heavy (non-hydrogen) atoms. The lowest BCUT2D eigenvalue weighted by molar-refractivity contribution is -0.123. The number of rotatable bonds is 2. The van der Waals surface area contributed by atoms with Gasteiger partial charge in [0, 0.05) is 53.9 Å². The second-order valence-corrected chi connectivity index (χ2v) is 8.33. The molecule has 2 aliphatic rings. The van der Waals surface area contributed by atoms with Crippen molar-refractivity contribution >= 4 is 34.9 Å². The smallest absolute Gasteiger partial charge is 0.230 e. The van der Waals surface area contributed by atoms with Crippen LogP contribution in [0.4, 0.5) is 11.6 Å². The van der Waals surface area contributed by atoms with Crippen molar-refractivity contribution in [3.8, 4) is 0 Å². The van der Waals surface area contributed by atoms with Crippen LogP contribution in [-0.2, 0) is 4.79 Å². The summed E-state index contributed by atoms with van der Waals surface area (Å²) < 4.78 is 0. The minimum Gasteiger partial charge on any atom is -0.341 e. The Morgan fingerprint density at radius 1 is 1.07 bits per heavy atom. The number of anilines is 2. The van der Waals surface area contributed by atoms with Crippen LogP contribution in [0.2, 0.25) is 5.02 Å². The number of hydrogen-bond donors (Lipinski definition) is 0. The highest BCUT2D eigenvalue weighted by Crippen LogP contribution is 2.32. The SMILES string of the molecule is Cc1cc(C)nc(N2CCC(C(=O)N3CCCC(=O)c4cc(Cl)ccc43)CC2)n1. The van der Waals surface area contributed by atoms with Gasteiger partial charge in [0.05, 0.1) is 5.69 Å². The predicted octanol–water partition coefficient (Wildman–Crippen LogP) is 3.97. The molecule has 4 rings (SSSR count). The summed E-state index contributed by atoms with van der Waals surface area (Å²) in [6.07, 6.45) is 2.62. The van der Waals surface area contributed by atoms with Gasteiger partial charge in [0.1, 0.15) is 0 Å². The third-order valence-corrected chi connectivity index (χ3v) is 5.93. The van der Waals surface area contributed by atoms with Gasteiger partial charge >= 0.3 is 0 Å². The van der Waals surface area contributed by atoms with Crippen molar-refractivity contribution in [3.05, 3.63) is 46.2 Å². The maximum Gasteiger partial charge on any atom is 0.230 e. The highest BCUT2D eigenvalue weighted by atomic mass is 35.5. The van der Waals surface area contributed by atoms with E-state index in [1.54, 1.807) is 23.1 Å². The highest BCUT2D eigenvalue weighted by molar-refractivity contribution is 6.31. The number of carbonyl (C=O) groups is 2. The molecule has 0 aliphatic carbocycles. The standard InChI is InChI=1S/C22H25ClN4O2/c1-14-12-15(2)25-22(24-14)26-10-7-16(8-11-26)21(29)27-9-3-4-20(28)18-13-17(23)5-6-19(18)27/h5-6,12-13,16H,3-4,7-11H2,1-2H3. The van der Waals surface area contributed by atoms with Crippen molar-refractivity contribution < 1.29 is 9.59 Å². The van der Waals surface area contributed by atoms with Gasteiger partial charge in [-0.3, -0.25) is 9.59 Å². The fraction of sp³-hybridized carbons (Fsp3) is 0.455. The van der Waals surface area contributed by atoms with E-state index in [2.05, 4.69) is 14.9 Å². The Morgan fingerprint density at radius 3 is 2.45 bits per heavy atom. The Labute approximate surface area is 175 Å². The molecule has 1 aromatic heterocycles. The number of hydrogen-bond acceptors (Lipinski definition) is 5. The van der Waals surface area contributed by atoms with E-state index < -0.39 is 0 Å². The minimum atomic E-state index is -0.0612. The zero-order valence-corrected chi connectivity index (χ0v) is 17.6. The van der Waals surface area contributed by atoms with E-state index in [0.29, 0.717) is 35.7 Å². The highest BCUT2D eigenvalue weighted by Gasteiger charge is 2.33. The average molecular weight is 413 g/mol. The largest absolute Gasteiger partial charge is 0.341 e. The maximum atomic E-state index is 13.3. The number of piperidine rings is 1. The molecule has 7 heteroatoms. The topological polar surface area (TPSA) is 66.4 Å². The lowest BCUT2D eigenvalue weighted by Crippen LogP contribution is -2.43. The molecule has 1 amide bonds. The molecule has 0 atom stereocenters. The molecule has 1 fully saturated rings. The number of carbonyl (C=O) groups excluding carboxylic acids is 2. The van der Waals surface area contributed by atoms with Crippen molar-refractivity contribution in [2.75, 3.05) is 29.4 Å². The van der Waals surface area contributed by atoms with Gasteiger partial charge in [0.25, 0.3) is 0 Å². The minimum absolute atomic E-state index is 0.0552. The number of benzene rings is 1. The van der Waals surface area contributed by atoms with Gasteiger partial charge < -0.3 is 9.80 Å². The van der Waals surface area contributed by atoms with Crippen molar-refractivity contribution in [3.63, 3.8) is 0 Å². The summed E-state index contributed by atoms with van der Waals surface area (Å²) in [6, 6.07) is 7.20. The van der Waals surface area contributed by atoms with Crippen LogP contribution in [0.5, 0.6) is 0 Å². The summed E-state index contributed by atoms with van der Waals surface area (Å²) in [5.41, 5.74) is 3.16. The fourth-order valence-electron chi connectivity index (χ4n) is 4.24. The number of fused-ring (bicyclic) bond motifs is 1. The monoisotopic (exact) mass is 412 g/mol. The third-order valence-electron chi connectivity index (χ3n) is 5.70. The molecule has 0 radical (unpaired) electrons. The summed E-state index contributed by atoms with van der Waals surface area (Å²) in [6.45, 7) is 6.01. The van der Waals surface area contributed by atoms with Crippen LogP contribution < -0.4 is 9.80 Å². The first-order valence-corrected chi connectivity index (χ1v) is 10.5. The Kier molecular flexibility index (Phi) is 5.54. The van der Waals surface area contributed by atoms with E-state index in [9.17, 15) is 9.59 Å². The van der Waals surface area contributed by atoms with Gasteiger partial charge in [0.15, 0.2) is 5.78 Å². The van der Waals surface area contributed by atoms with Crippen LogP contribution in [0, 0.1) is 19.8 Å². The zero-order chi connectivity index (χ0) is 20.5. The Bertz CT molecular complexity index is 934. The predicted molar refractivity (Wildman–Crippen MR) is 114 cm³/mol. The quantitative estimate of drug-likeness (QED) is 0.746. The van der Waals surface area contributed by atoms with Crippen molar-refractivity contribution in [1.29, 1.82) is 0 Å². The number of nitrogens with zero attached hydrogens (tertiary/aromatic N) is 4. The molecule has 0 spiro atoms. The van der Waals surface area contributed by atoms with Gasteiger partial charge in [-0.05, 0) is 57.4 Å². The molecule has 3 heterocycles. The van der Waals surface area contributed by atoms with E-state index in [1.807, 2.05) is 19.9 Å². The van der Waals surface area contributed by atoms with Gasteiger partial charge in [-0.1, -0.05) is 11.6 Å². The van der Waals surface area contributed by atoms with Gasteiger partial charge in [-0.15, -0.1) is 0 Å². The summed E-state index contributed by atoms with van der Waals surface area (Å²) in [7, 11) is 0. The fourth-order valence-corrected chi connectivity index (χ4v) is 4.42. The summed E-state index contributed by atoms with van der Waals surface area (Å²) >= 11 is 6.09. The van der Waals surface area contributed by atoms with Gasteiger partial charge in [0.2, 0.25) is 11.9 Å². The first kappa shape index (κ1) is 19.8. The first-order chi connectivity index (χ1) is 13.9. The normalized spacial score (nSPS) is 17.8. The molecule has 2 aliphatic heterocycles. The van der Waals surface area contributed by atoms with E-state index in [0.717, 1.165) is 43.3 Å². The van der Waals surface area contributed by atoms with Gasteiger partial charge in [-0.2, -0.15) is 0 Å². The Balaban J connectivity index is 1.50. The lowest BCUT2D eigenvalue weighted by Gasteiger charge is -2.34. The first-order valence-electron chi connectivity index (χ1n) is 10.1. The molecule has 0 saturated carbocycles. The number of aromatic nitrogens is 2. The van der Waals surface area contributed by atoms with Crippen LogP contribution in [-0.4, -0.2) is 41.3 Å². The van der Waals surface area contributed by atoms with E-state index in [1.165, 1.54) is 0 Å². The van der Waals surface area contributed by atoms with Crippen molar-refractivity contribution in [2.24, 2.45) is 5.92 Å². The number of aryl methyl sites for hydroxylation is 2. The molecule has 1 saturated heterocycles. The zero-order valence-electron chi connectivity index (χ0n) is 16.8. The molecular weight excluding hydrogens is 388 g/mol. The lowest BCUT2D eigenvalue weighted by atomic mass is 9.95. The van der Waals surface area contributed by atoms with Crippen molar-refractivity contribution in [1.82, 2.24) is 9.97 Å². The Hall–Kier alpha value is -2.47. The van der Waals surface area contributed by atoms with Gasteiger partial charge in [-0.25, -0.2) is 9.97 Å². The number of halogens is 1. The number of Topliss-reactive ketones (excluding diaryl/α,β-unsaturated/α-hetero) is 1. The third kappa shape index (κ3) is 4.13. The van der Waals surface area contributed by atoms with E-state index in [4.69, 9.17) is 11.6 Å². The molecule has 6 nitrogen and oxygen atoms in total. The molecule has 0 unspecified atom stereocenters. The summed E-state index contributed by atoms with van der Waals surface area (Å²) in [5, 5.41) is 0.521. The van der Waals surface area contributed by atoms with Crippen LogP contribution in [0.15, 0.2) is 24.3 Å². The molecule has 152 valence electrons. The molecule has 2 aromatic rings. The van der Waals surface area contributed by atoms with Crippen molar-refractivity contribution in [2.45, 2.75) is 39.5 Å². The van der Waals surface area contributed by atoms with Crippen LogP contribution in [0.3, 0.4) is 0 Å². The number of amides is 1. The van der Waals surface area contributed by atoms with Crippen LogP contribution in [0.25, 0.3) is 0 Å². The van der Waals surface area contributed by atoms with E-state index >= 15 is 0 Å². The number of ketones is 1. The second-order valence-electron chi connectivity index (χ2n) is 7.89. The molecule has 0 bridgehead atoms. The van der Waals surface area contributed by atoms with E-state index in [-0.39, 0.29) is 17.6 Å². The molecule has 1 aromatic carbocycles. The Morgan fingerprint density at radius 2 is 1.76 bits per heavy atom.